The van der Waals surface area contributed by atoms with E-state index in [0.717, 1.165) is 10.9 Å². The number of aliphatic hydroxyl groups excluding tert-OH is 1. The molecule has 1 fully saturated rings. The molecule has 1 unspecified atom stereocenters. The summed E-state index contributed by atoms with van der Waals surface area (Å²) in [5.74, 6) is 0. The molecule has 0 bridgehead atoms. The largest absolute Gasteiger partial charge is 0.394 e. The Kier molecular flexibility index (Phi) is 4.48. The van der Waals surface area contributed by atoms with Crippen molar-refractivity contribution in [1.29, 1.82) is 0 Å². The average Bonchev–Trinajstić information content (AvgIpc) is 2.87. The Bertz CT molecular complexity index is 347. The van der Waals surface area contributed by atoms with Gasteiger partial charge < -0.3 is 15.4 Å². The Labute approximate surface area is 107 Å². The second-order valence-electron chi connectivity index (χ2n) is 4.68. The van der Waals surface area contributed by atoms with E-state index in [9.17, 15) is 0 Å². The summed E-state index contributed by atoms with van der Waals surface area (Å²) in [7, 11) is 0. The van der Waals surface area contributed by atoms with Gasteiger partial charge in [-0.2, -0.15) is 11.8 Å². The summed E-state index contributed by atoms with van der Waals surface area (Å²) in [6.07, 6.45) is 10.7. The number of thioether (sulfide) groups is 1. The van der Waals surface area contributed by atoms with Gasteiger partial charge in [0.2, 0.25) is 0 Å². The number of hydrogen-bond acceptors (Lipinski definition) is 4. The van der Waals surface area contributed by atoms with Crippen LogP contribution in [0.1, 0.15) is 43.5 Å². The second kappa shape index (κ2) is 5.89. The van der Waals surface area contributed by atoms with E-state index in [1.54, 1.807) is 6.20 Å². The number of imidazole rings is 1. The van der Waals surface area contributed by atoms with Crippen LogP contribution in [0.4, 0.5) is 0 Å². The molecule has 1 aromatic rings. The summed E-state index contributed by atoms with van der Waals surface area (Å²) >= 11 is 1.97. The third-order valence-corrected chi connectivity index (χ3v) is 4.78. The molecule has 1 aromatic heterocycles. The van der Waals surface area contributed by atoms with E-state index in [1.807, 2.05) is 18.1 Å². The zero-order valence-corrected chi connectivity index (χ0v) is 11.1. The summed E-state index contributed by atoms with van der Waals surface area (Å²) < 4.78 is 2.16. The minimum Gasteiger partial charge on any atom is -0.394 e. The van der Waals surface area contributed by atoms with E-state index in [2.05, 4.69) is 15.8 Å². The molecule has 0 aromatic carbocycles. The van der Waals surface area contributed by atoms with Crippen molar-refractivity contribution in [2.75, 3.05) is 12.9 Å². The van der Waals surface area contributed by atoms with E-state index >= 15 is 0 Å². The van der Waals surface area contributed by atoms with Gasteiger partial charge in [0.1, 0.15) is 0 Å². The molecule has 1 aliphatic rings. The number of hydrogen-bond donors (Lipinski definition) is 2. The SMILES string of the molecule is CSC1CCC(n2cncc2C(N)CO)CC1. The third kappa shape index (κ3) is 2.84. The molecule has 5 heteroatoms. The highest BCUT2D eigenvalue weighted by molar-refractivity contribution is 7.99. The highest BCUT2D eigenvalue weighted by atomic mass is 32.2. The molecule has 0 radical (unpaired) electrons. The number of nitrogens with zero attached hydrogens (tertiary/aromatic N) is 2. The van der Waals surface area contributed by atoms with Gasteiger partial charge >= 0.3 is 0 Å². The van der Waals surface area contributed by atoms with Crippen LogP contribution in [0.3, 0.4) is 0 Å². The van der Waals surface area contributed by atoms with Gasteiger partial charge in [0.05, 0.1) is 24.7 Å². The van der Waals surface area contributed by atoms with Gasteiger partial charge in [-0.3, -0.25) is 0 Å². The van der Waals surface area contributed by atoms with Crippen LogP contribution in [0.2, 0.25) is 0 Å². The van der Waals surface area contributed by atoms with Gasteiger partial charge in [-0.15, -0.1) is 0 Å². The number of nitrogens with two attached hydrogens (primary N) is 1. The van der Waals surface area contributed by atoms with E-state index in [1.165, 1.54) is 25.7 Å². The fourth-order valence-electron chi connectivity index (χ4n) is 2.56. The summed E-state index contributed by atoms with van der Waals surface area (Å²) in [5.41, 5.74) is 6.84. The van der Waals surface area contributed by atoms with E-state index in [4.69, 9.17) is 10.8 Å². The van der Waals surface area contributed by atoms with Crippen LogP contribution >= 0.6 is 11.8 Å². The third-order valence-electron chi connectivity index (χ3n) is 3.64. The lowest BCUT2D eigenvalue weighted by atomic mass is 9.94. The highest BCUT2D eigenvalue weighted by Crippen LogP contribution is 2.34. The normalized spacial score (nSPS) is 27.0. The fraction of sp³-hybridized carbons (Fsp3) is 0.750. The molecule has 1 aliphatic carbocycles. The van der Waals surface area contributed by atoms with Crippen molar-refractivity contribution in [3.8, 4) is 0 Å². The molecule has 4 nitrogen and oxygen atoms in total. The summed E-state index contributed by atoms with van der Waals surface area (Å²) in [6, 6.07) is 0.198. The van der Waals surface area contributed by atoms with Crippen molar-refractivity contribution in [1.82, 2.24) is 9.55 Å². The van der Waals surface area contributed by atoms with Gasteiger partial charge in [0.25, 0.3) is 0 Å². The molecule has 1 heterocycles. The lowest BCUT2D eigenvalue weighted by Crippen LogP contribution is -2.24. The van der Waals surface area contributed by atoms with Gasteiger partial charge in [-0.25, -0.2) is 4.98 Å². The molecule has 0 saturated heterocycles. The quantitative estimate of drug-likeness (QED) is 0.860. The molecule has 0 spiro atoms. The number of aromatic nitrogens is 2. The molecule has 2 rings (SSSR count). The molecule has 1 saturated carbocycles. The van der Waals surface area contributed by atoms with E-state index in [0.29, 0.717) is 6.04 Å². The van der Waals surface area contributed by atoms with Crippen LogP contribution in [0, 0.1) is 0 Å². The van der Waals surface area contributed by atoms with Crippen LogP contribution in [-0.2, 0) is 0 Å². The van der Waals surface area contributed by atoms with Crippen molar-refractivity contribution in [2.24, 2.45) is 5.73 Å². The minimum atomic E-state index is -0.309. The Hall–Kier alpha value is -0.520. The Morgan fingerprint density at radius 2 is 2.24 bits per heavy atom. The molecular formula is C12H21N3OS. The van der Waals surface area contributed by atoms with Crippen LogP contribution in [0.5, 0.6) is 0 Å². The Morgan fingerprint density at radius 3 is 2.82 bits per heavy atom. The van der Waals surface area contributed by atoms with Gasteiger partial charge in [0, 0.05) is 17.5 Å². The van der Waals surface area contributed by atoms with Crippen molar-refractivity contribution in [3.05, 3.63) is 18.2 Å². The standard InChI is InChI=1S/C12H21N3OS/c1-17-10-4-2-9(3-5-10)15-8-14-6-12(15)11(13)7-16/h6,8-11,16H,2-5,7,13H2,1H3. The van der Waals surface area contributed by atoms with Crippen LogP contribution < -0.4 is 5.73 Å². The summed E-state index contributed by atoms with van der Waals surface area (Å²) in [5, 5.41) is 9.95. The molecule has 17 heavy (non-hydrogen) atoms. The van der Waals surface area contributed by atoms with Gasteiger partial charge in [-0.05, 0) is 31.9 Å². The first kappa shape index (κ1) is 12.9. The van der Waals surface area contributed by atoms with Crippen LogP contribution in [0.15, 0.2) is 12.5 Å². The minimum absolute atomic E-state index is 0.0220. The average molecular weight is 255 g/mol. The second-order valence-corrected chi connectivity index (χ2v) is 5.82. The Balaban J connectivity index is 2.05. The molecule has 96 valence electrons. The maximum atomic E-state index is 9.14. The summed E-state index contributed by atoms with van der Waals surface area (Å²) in [4.78, 5) is 4.17. The number of aliphatic hydroxyl groups is 1. The maximum Gasteiger partial charge on any atom is 0.0951 e. The molecule has 0 aliphatic heterocycles. The topological polar surface area (TPSA) is 64.1 Å². The zero-order chi connectivity index (χ0) is 12.3. The predicted molar refractivity (Wildman–Crippen MR) is 71.0 cm³/mol. The Morgan fingerprint density at radius 1 is 1.53 bits per heavy atom. The van der Waals surface area contributed by atoms with Crippen molar-refractivity contribution >= 4 is 11.8 Å². The first-order valence-electron chi connectivity index (χ1n) is 6.17. The van der Waals surface area contributed by atoms with Crippen LogP contribution in [-0.4, -0.2) is 32.8 Å². The number of rotatable bonds is 4. The van der Waals surface area contributed by atoms with Crippen molar-refractivity contribution < 1.29 is 5.11 Å². The monoisotopic (exact) mass is 255 g/mol. The predicted octanol–water partition coefficient (Wildman–Crippen LogP) is 1.72. The van der Waals surface area contributed by atoms with E-state index < -0.39 is 0 Å². The maximum absolute atomic E-state index is 9.14. The van der Waals surface area contributed by atoms with Crippen molar-refractivity contribution in [3.63, 3.8) is 0 Å². The molecule has 0 amide bonds. The highest BCUT2D eigenvalue weighted by Gasteiger charge is 2.24. The molecule has 3 N–H and O–H groups in total. The smallest absolute Gasteiger partial charge is 0.0951 e. The zero-order valence-electron chi connectivity index (χ0n) is 10.2. The van der Waals surface area contributed by atoms with Crippen LogP contribution in [0.25, 0.3) is 0 Å². The first-order chi connectivity index (χ1) is 8.26. The van der Waals surface area contributed by atoms with Gasteiger partial charge in [0.15, 0.2) is 0 Å². The van der Waals surface area contributed by atoms with Gasteiger partial charge in [-0.1, -0.05) is 0 Å². The molecular weight excluding hydrogens is 234 g/mol. The molecule has 1 atom stereocenters. The van der Waals surface area contributed by atoms with Crippen molar-refractivity contribution in [2.45, 2.75) is 43.0 Å². The first-order valence-corrected chi connectivity index (χ1v) is 7.46. The van der Waals surface area contributed by atoms with E-state index in [-0.39, 0.29) is 12.6 Å². The lowest BCUT2D eigenvalue weighted by Gasteiger charge is -2.30. The summed E-state index contributed by atoms with van der Waals surface area (Å²) in [6.45, 7) is -0.0220. The fourth-order valence-corrected chi connectivity index (χ4v) is 3.30. The lowest BCUT2D eigenvalue weighted by molar-refractivity contribution is 0.257.